The zero-order chi connectivity index (χ0) is 33.3. The highest BCUT2D eigenvalue weighted by atomic mass is 15.1. The molecule has 0 aliphatic rings. The second-order valence-electron chi connectivity index (χ2n) is 12.6. The Morgan fingerprint density at radius 2 is 0.660 bits per heavy atom. The van der Waals surface area contributed by atoms with Crippen LogP contribution in [0.25, 0.3) is 43.4 Å². The minimum atomic E-state index is 1.11. The molecule has 0 bridgehead atoms. The highest BCUT2D eigenvalue weighted by Crippen LogP contribution is 2.48. The number of hydrogen-bond acceptors (Lipinski definition) is 2. The van der Waals surface area contributed by atoms with Crippen LogP contribution in [0.3, 0.4) is 0 Å². The number of anilines is 6. The van der Waals surface area contributed by atoms with Crippen molar-refractivity contribution in [3.63, 3.8) is 0 Å². The third-order valence-corrected chi connectivity index (χ3v) is 9.57. The molecule has 9 aromatic rings. The van der Waals surface area contributed by atoms with Crippen molar-refractivity contribution >= 4 is 66.4 Å². The molecule has 0 heterocycles. The lowest BCUT2D eigenvalue weighted by atomic mass is 9.89. The highest BCUT2D eigenvalue weighted by Gasteiger charge is 2.22. The van der Waals surface area contributed by atoms with Crippen LogP contribution in [0.4, 0.5) is 34.1 Å². The van der Waals surface area contributed by atoms with Crippen LogP contribution < -0.4 is 9.80 Å². The van der Waals surface area contributed by atoms with Gasteiger partial charge in [-0.15, -0.1) is 0 Å². The smallest absolute Gasteiger partial charge is 0.0540 e. The van der Waals surface area contributed by atoms with Crippen LogP contribution in [0.2, 0.25) is 0 Å². The molecule has 0 saturated heterocycles. The Bertz CT molecular complexity index is 2360. The Hall–Kier alpha value is -6.64. The van der Waals surface area contributed by atoms with Crippen LogP contribution in [0, 0.1) is 0 Å². The summed E-state index contributed by atoms with van der Waals surface area (Å²) < 4.78 is 0. The Morgan fingerprint density at radius 3 is 1.10 bits per heavy atom. The largest absolute Gasteiger partial charge is 0.310 e. The van der Waals surface area contributed by atoms with Crippen LogP contribution in [0.15, 0.2) is 206 Å². The number of para-hydroxylation sites is 4. The number of rotatable bonds is 7. The minimum absolute atomic E-state index is 1.11. The summed E-state index contributed by atoms with van der Waals surface area (Å²) in [4.78, 5) is 4.76. The van der Waals surface area contributed by atoms with Gasteiger partial charge in [-0.3, -0.25) is 0 Å². The predicted molar refractivity (Wildman–Crippen MR) is 214 cm³/mol. The maximum atomic E-state index is 2.41. The standard InChI is InChI=1S/C48H34N2/c1-5-19-38(20-6-1)49(39-21-7-2-8-22-39)46-29-15-27-42-44(46)34-45-43(48(42)37-32-31-35-17-13-14-18-36(35)33-37)28-16-30-47(45)50(40-23-9-3-10-24-40)41-25-11-4-12-26-41/h1-34H. The van der Waals surface area contributed by atoms with E-state index in [9.17, 15) is 0 Å². The van der Waals surface area contributed by atoms with Gasteiger partial charge in [-0.05, 0) is 105 Å². The number of nitrogens with zero attached hydrogens (tertiary/aromatic N) is 2. The van der Waals surface area contributed by atoms with Crippen molar-refractivity contribution in [3.05, 3.63) is 206 Å². The predicted octanol–water partition coefficient (Wildman–Crippen LogP) is 13.8. The summed E-state index contributed by atoms with van der Waals surface area (Å²) in [6.07, 6.45) is 0. The average Bonchev–Trinajstić information content (AvgIpc) is 3.19. The number of hydrogen-bond donors (Lipinski definition) is 0. The van der Waals surface area contributed by atoms with Gasteiger partial charge in [-0.1, -0.05) is 133 Å². The van der Waals surface area contributed by atoms with Gasteiger partial charge in [0.05, 0.1) is 11.4 Å². The number of fused-ring (bicyclic) bond motifs is 3. The molecule has 2 nitrogen and oxygen atoms in total. The van der Waals surface area contributed by atoms with E-state index in [1.807, 2.05) is 0 Å². The first-order chi connectivity index (χ1) is 24.8. The molecule has 0 N–H and O–H groups in total. The van der Waals surface area contributed by atoms with Crippen molar-refractivity contribution in [1.29, 1.82) is 0 Å². The molecule has 0 fully saturated rings. The van der Waals surface area contributed by atoms with Gasteiger partial charge in [0.2, 0.25) is 0 Å². The molecular weight excluding hydrogens is 605 g/mol. The minimum Gasteiger partial charge on any atom is -0.310 e. The van der Waals surface area contributed by atoms with E-state index in [1.54, 1.807) is 0 Å². The summed E-state index contributed by atoms with van der Waals surface area (Å²) >= 11 is 0. The zero-order valence-corrected chi connectivity index (χ0v) is 27.5. The molecule has 0 aliphatic heterocycles. The SMILES string of the molecule is c1ccc(N(c2ccccc2)c2cccc3c(-c4ccc5ccccc5c4)c4cccc(N(c5ccccc5)c5ccccc5)c4cc23)cc1. The fourth-order valence-corrected chi connectivity index (χ4v) is 7.34. The molecule has 9 aromatic carbocycles. The number of benzene rings is 9. The van der Waals surface area contributed by atoms with Crippen molar-refractivity contribution in [2.24, 2.45) is 0 Å². The lowest BCUT2D eigenvalue weighted by molar-refractivity contribution is 1.29. The van der Waals surface area contributed by atoms with Crippen molar-refractivity contribution in [2.75, 3.05) is 9.80 Å². The highest BCUT2D eigenvalue weighted by molar-refractivity contribution is 6.20. The van der Waals surface area contributed by atoms with Gasteiger partial charge in [-0.2, -0.15) is 0 Å². The van der Waals surface area contributed by atoms with Crippen LogP contribution in [-0.4, -0.2) is 0 Å². The molecule has 0 atom stereocenters. The topological polar surface area (TPSA) is 6.48 Å². The van der Waals surface area contributed by atoms with E-state index in [2.05, 4.69) is 216 Å². The Labute approximate surface area is 292 Å². The Kier molecular flexibility index (Phi) is 7.53. The molecule has 50 heavy (non-hydrogen) atoms. The van der Waals surface area contributed by atoms with E-state index in [1.165, 1.54) is 43.4 Å². The zero-order valence-electron chi connectivity index (χ0n) is 27.5. The van der Waals surface area contributed by atoms with Crippen LogP contribution >= 0.6 is 0 Å². The summed E-state index contributed by atoms with van der Waals surface area (Å²) in [5, 5.41) is 7.26. The van der Waals surface area contributed by atoms with Gasteiger partial charge in [0.25, 0.3) is 0 Å². The van der Waals surface area contributed by atoms with E-state index in [0.29, 0.717) is 0 Å². The third kappa shape index (κ3) is 5.24. The third-order valence-electron chi connectivity index (χ3n) is 9.57. The van der Waals surface area contributed by atoms with Gasteiger partial charge in [0.15, 0.2) is 0 Å². The van der Waals surface area contributed by atoms with Gasteiger partial charge < -0.3 is 9.80 Å². The second-order valence-corrected chi connectivity index (χ2v) is 12.6. The van der Waals surface area contributed by atoms with E-state index < -0.39 is 0 Å². The molecular formula is C48H34N2. The normalized spacial score (nSPS) is 11.2. The summed E-state index contributed by atoms with van der Waals surface area (Å²) in [6, 6.07) is 74.2. The fraction of sp³-hybridized carbons (Fsp3) is 0. The molecule has 2 heteroatoms. The first-order valence-electron chi connectivity index (χ1n) is 17.1. The second kappa shape index (κ2) is 12.8. The van der Waals surface area contributed by atoms with E-state index in [0.717, 1.165) is 34.1 Å². The molecule has 236 valence electrons. The van der Waals surface area contributed by atoms with Crippen molar-refractivity contribution in [2.45, 2.75) is 0 Å². The molecule has 0 aliphatic carbocycles. The van der Waals surface area contributed by atoms with Crippen molar-refractivity contribution in [1.82, 2.24) is 0 Å². The van der Waals surface area contributed by atoms with Gasteiger partial charge in [0.1, 0.15) is 0 Å². The maximum Gasteiger partial charge on any atom is 0.0540 e. The first kappa shape index (κ1) is 29.5. The van der Waals surface area contributed by atoms with E-state index in [-0.39, 0.29) is 0 Å². The molecule has 0 unspecified atom stereocenters. The molecule has 0 spiro atoms. The lowest BCUT2D eigenvalue weighted by Gasteiger charge is -2.29. The van der Waals surface area contributed by atoms with Crippen LogP contribution in [-0.2, 0) is 0 Å². The fourth-order valence-electron chi connectivity index (χ4n) is 7.34. The molecule has 0 radical (unpaired) electrons. The quantitative estimate of drug-likeness (QED) is 0.160. The van der Waals surface area contributed by atoms with Gasteiger partial charge >= 0.3 is 0 Å². The lowest BCUT2D eigenvalue weighted by Crippen LogP contribution is -2.11. The average molecular weight is 639 g/mol. The Balaban J connectivity index is 1.41. The van der Waals surface area contributed by atoms with Crippen LogP contribution in [0.5, 0.6) is 0 Å². The molecule has 0 amide bonds. The molecule has 0 saturated carbocycles. The Morgan fingerprint density at radius 1 is 0.260 bits per heavy atom. The summed E-state index contributed by atoms with van der Waals surface area (Å²) in [5.74, 6) is 0. The van der Waals surface area contributed by atoms with Crippen LogP contribution in [0.1, 0.15) is 0 Å². The van der Waals surface area contributed by atoms with Crippen molar-refractivity contribution in [3.8, 4) is 11.1 Å². The summed E-state index contributed by atoms with van der Waals surface area (Å²) in [6.45, 7) is 0. The summed E-state index contributed by atoms with van der Waals surface area (Å²) in [7, 11) is 0. The van der Waals surface area contributed by atoms with E-state index in [4.69, 9.17) is 0 Å². The molecule has 0 aromatic heterocycles. The molecule has 9 rings (SSSR count). The maximum absolute atomic E-state index is 2.41. The monoisotopic (exact) mass is 638 g/mol. The first-order valence-corrected chi connectivity index (χ1v) is 17.1. The van der Waals surface area contributed by atoms with Crippen molar-refractivity contribution < 1.29 is 0 Å². The van der Waals surface area contributed by atoms with E-state index >= 15 is 0 Å². The van der Waals surface area contributed by atoms with Gasteiger partial charge in [-0.25, -0.2) is 0 Å². The summed E-state index contributed by atoms with van der Waals surface area (Å²) in [5.41, 5.74) is 9.14. The van der Waals surface area contributed by atoms with Gasteiger partial charge in [0, 0.05) is 33.5 Å².